The van der Waals surface area contributed by atoms with Crippen LogP contribution in [0.25, 0.3) is 0 Å². The van der Waals surface area contributed by atoms with Gasteiger partial charge in [-0.1, -0.05) is 84.4 Å². The first-order chi connectivity index (χ1) is 14.2. The fourth-order valence-electron chi connectivity index (χ4n) is 4.18. The zero-order valence-corrected chi connectivity index (χ0v) is 17.2. The second kappa shape index (κ2) is 9.25. The van der Waals surface area contributed by atoms with Crippen molar-refractivity contribution in [3.05, 3.63) is 107 Å². The molecule has 1 amide bonds. The Morgan fingerprint density at radius 1 is 0.828 bits per heavy atom. The van der Waals surface area contributed by atoms with Crippen LogP contribution >= 0.6 is 11.6 Å². The molecule has 3 aromatic carbocycles. The summed E-state index contributed by atoms with van der Waals surface area (Å²) in [5.41, 5.74) is 3.67. The van der Waals surface area contributed by atoms with Crippen LogP contribution in [0.4, 0.5) is 0 Å². The van der Waals surface area contributed by atoms with Gasteiger partial charge >= 0.3 is 0 Å². The van der Waals surface area contributed by atoms with Crippen molar-refractivity contribution in [2.45, 2.75) is 12.5 Å². The maximum Gasteiger partial charge on any atom is 0.227 e. The number of benzene rings is 3. The Balaban J connectivity index is 1.44. The molecule has 1 fully saturated rings. The molecule has 0 aliphatic carbocycles. The van der Waals surface area contributed by atoms with Crippen molar-refractivity contribution in [2.24, 2.45) is 0 Å². The second-order valence-electron chi connectivity index (χ2n) is 7.60. The van der Waals surface area contributed by atoms with E-state index in [1.807, 2.05) is 29.2 Å². The molecular weight excluding hydrogens is 380 g/mol. The second-order valence-corrected chi connectivity index (χ2v) is 8.03. The highest BCUT2D eigenvalue weighted by Gasteiger charge is 2.31. The van der Waals surface area contributed by atoms with E-state index in [0.29, 0.717) is 17.5 Å². The van der Waals surface area contributed by atoms with Gasteiger partial charge in [0, 0.05) is 16.1 Å². The SMILES string of the molecule is O=C(Cc1ccc(Cl)cc1)N1CC[NH+](C(c2ccccc2)c2ccccc2)CC1. The Morgan fingerprint density at radius 3 is 1.86 bits per heavy atom. The van der Waals surface area contributed by atoms with Crippen LogP contribution in [-0.4, -0.2) is 37.0 Å². The molecule has 4 rings (SSSR count). The van der Waals surface area contributed by atoms with Crippen LogP contribution in [0.1, 0.15) is 22.7 Å². The Kier molecular flexibility index (Phi) is 6.28. The first-order valence-corrected chi connectivity index (χ1v) is 10.6. The molecule has 1 aliphatic rings. The van der Waals surface area contributed by atoms with Gasteiger partial charge in [0.1, 0.15) is 6.04 Å². The molecule has 0 unspecified atom stereocenters. The number of rotatable bonds is 5. The van der Waals surface area contributed by atoms with Gasteiger partial charge in [-0.2, -0.15) is 0 Å². The van der Waals surface area contributed by atoms with Gasteiger partial charge < -0.3 is 9.80 Å². The quantitative estimate of drug-likeness (QED) is 0.691. The minimum atomic E-state index is 0.197. The summed E-state index contributed by atoms with van der Waals surface area (Å²) in [6.45, 7) is 3.47. The lowest BCUT2D eigenvalue weighted by Gasteiger charge is -2.37. The molecule has 1 saturated heterocycles. The normalized spacial score (nSPS) is 14.9. The molecule has 3 aromatic rings. The maximum atomic E-state index is 12.8. The zero-order valence-electron chi connectivity index (χ0n) is 16.4. The summed E-state index contributed by atoms with van der Waals surface area (Å²) in [5.74, 6) is 0.197. The Morgan fingerprint density at radius 2 is 1.34 bits per heavy atom. The molecule has 1 N–H and O–H groups in total. The largest absolute Gasteiger partial charge is 0.331 e. The van der Waals surface area contributed by atoms with Crippen molar-refractivity contribution in [1.29, 1.82) is 0 Å². The van der Waals surface area contributed by atoms with E-state index in [-0.39, 0.29) is 5.91 Å². The Bertz CT molecular complexity index is 881. The van der Waals surface area contributed by atoms with Crippen LogP contribution in [-0.2, 0) is 11.2 Å². The van der Waals surface area contributed by atoms with Gasteiger partial charge in [0.25, 0.3) is 0 Å². The van der Waals surface area contributed by atoms with Gasteiger partial charge in [0.15, 0.2) is 0 Å². The van der Waals surface area contributed by atoms with Crippen molar-refractivity contribution in [3.8, 4) is 0 Å². The Labute approximate surface area is 177 Å². The highest BCUT2D eigenvalue weighted by molar-refractivity contribution is 6.30. The first-order valence-electron chi connectivity index (χ1n) is 10.2. The van der Waals surface area contributed by atoms with Gasteiger partial charge in [-0.3, -0.25) is 4.79 Å². The standard InChI is InChI=1S/C25H25ClN2O/c26-23-13-11-20(12-14-23)19-24(29)27-15-17-28(18-16-27)25(21-7-3-1-4-8-21)22-9-5-2-6-10-22/h1-14,25H,15-19H2/p+1. The van der Waals surface area contributed by atoms with Crippen LogP contribution < -0.4 is 4.90 Å². The molecule has 0 bridgehead atoms. The molecule has 148 valence electrons. The average Bonchev–Trinajstić information content (AvgIpc) is 2.77. The highest BCUT2D eigenvalue weighted by Crippen LogP contribution is 2.19. The van der Waals surface area contributed by atoms with Crippen molar-refractivity contribution in [2.75, 3.05) is 26.2 Å². The minimum Gasteiger partial charge on any atom is -0.331 e. The van der Waals surface area contributed by atoms with E-state index in [1.165, 1.54) is 16.0 Å². The number of hydrogen-bond donors (Lipinski definition) is 1. The molecule has 4 heteroatoms. The molecule has 1 aliphatic heterocycles. The molecule has 0 spiro atoms. The molecule has 0 atom stereocenters. The fourth-order valence-corrected chi connectivity index (χ4v) is 4.30. The lowest BCUT2D eigenvalue weighted by molar-refractivity contribution is -0.929. The Hall–Kier alpha value is -2.62. The number of hydrogen-bond acceptors (Lipinski definition) is 1. The number of amides is 1. The molecule has 29 heavy (non-hydrogen) atoms. The molecule has 0 saturated carbocycles. The number of quaternary nitrogens is 1. The smallest absolute Gasteiger partial charge is 0.227 e. The minimum absolute atomic E-state index is 0.197. The summed E-state index contributed by atoms with van der Waals surface area (Å²) < 4.78 is 0. The van der Waals surface area contributed by atoms with Crippen LogP contribution in [0.5, 0.6) is 0 Å². The molecule has 0 aromatic heterocycles. The van der Waals surface area contributed by atoms with Gasteiger partial charge in [-0.05, 0) is 17.7 Å². The van der Waals surface area contributed by atoms with Crippen LogP contribution in [0.3, 0.4) is 0 Å². The van der Waals surface area contributed by atoms with Gasteiger partial charge in [0.2, 0.25) is 5.91 Å². The number of carbonyl (C=O) groups excluding carboxylic acids is 1. The van der Waals surface area contributed by atoms with Crippen molar-refractivity contribution in [1.82, 2.24) is 4.90 Å². The molecular formula is C25H26ClN2O+. The van der Waals surface area contributed by atoms with E-state index in [1.54, 1.807) is 0 Å². The number of halogens is 1. The third kappa shape index (κ3) is 4.87. The summed E-state index contributed by atoms with van der Waals surface area (Å²) in [4.78, 5) is 16.3. The summed E-state index contributed by atoms with van der Waals surface area (Å²) in [5, 5.41) is 0.700. The summed E-state index contributed by atoms with van der Waals surface area (Å²) in [6, 6.07) is 29.3. The van der Waals surface area contributed by atoms with Crippen LogP contribution in [0.15, 0.2) is 84.9 Å². The lowest BCUT2D eigenvalue weighted by atomic mass is 9.96. The topological polar surface area (TPSA) is 24.8 Å². The van der Waals surface area contributed by atoms with E-state index in [0.717, 1.165) is 31.7 Å². The van der Waals surface area contributed by atoms with E-state index < -0.39 is 0 Å². The fraction of sp³-hybridized carbons (Fsp3) is 0.240. The van der Waals surface area contributed by atoms with Crippen molar-refractivity contribution < 1.29 is 9.69 Å². The van der Waals surface area contributed by atoms with Gasteiger partial charge in [-0.15, -0.1) is 0 Å². The number of nitrogens with zero attached hydrogens (tertiary/aromatic N) is 1. The van der Waals surface area contributed by atoms with E-state index >= 15 is 0 Å². The predicted molar refractivity (Wildman–Crippen MR) is 117 cm³/mol. The third-order valence-electron chi connectivity index (χ3n) is 5.70. The first kappa shape index (κ1) is 19.7. The maximum absolute atomic E-state index is 12.8. The van der Waals surface area contributed by atoms with Gasteiger partial charge in [-0.25, -0.2) is 0 Å². The number of nitrogens with one attached hydrogen (secondary N) is 1. The van der Waals surface area contributed by atoms with E-state index in [4.69, 9.17) is 11.6 Å². The monoisotopic (exact) mass is 405 g/mol. The third-order valence-corrected chi connectivity index (χ3v) is 5.95. The number of piperazine rings is 1. The van der Waals surface area contributed by atoms with Gasteiger partial charge in [0.05, 0.1) is 32.6 Å². The van der Waals surface area contributed by atoms with Crippen molar-refractivity contribution in [3.63, 3.8) is 0 Å². The lowest BCUT2D eigenvalue weighted by Crippen LogP contribution is -3.15. The van der Waals surface area contributed by atoms with Crippen LogP contribution in [0.2, 0.25) is 5.02 Å². The summed E-state index contributed by atoms with van der Waals surface area (Å²) >= 11 is 5.95. The zero-order chi connectivity index (χ0) is 20.1. The summed E-state index contributed by atoms with van der Waals surface area (Å²) in [7, 11) is 0. The van der Waals surface area contributed by atoms with Crippen LogP contribution in [0, 0.1) is 0 Å². The van der Waals surface area contributed by atoms with E-state index in [2.05, 4.69) is 60.7 Å². The highest BCUT2D eigenvalue weighted by atomic mass is 35.5. The molecule has 0 radical (unpaired) electrons. The average molecular weight is 406 g/mol. The van der Waals surface area contributed by atoms with Crippen molar-refractivity contribution >= 4 is 17.5 Å². The molecule has 1 heterocycles. The summed E-state index contributed by atoms with van der Waals surface area (Å²) in [6.07, 6.45) is 0.438. The predicted octanol–water partition coefficient (Wildman–Crippen LogP) is 3.40. The molecule has 3 nitrogen and oxygen atoms in total. The van der Waals surface area contributed by atoms with E-state index in [9.17, 15) is 4.79 Å². The number of carbonyl (C=O) groups is 1.